The lowest BCUT2D eigenvalue weighted by molar-refractivity contribution is 0.145. The van der Waals surface area contributed by atoms with Crippen molar-refractivity contribution < 1.29 is 9.26 Å². The number of hydrogen-bond acceptors (Lipinski definition) is 4. The van der Waals surface area contributed by atoms with Gasteiger partial charge in [0.05, 0.1) is 6.54 Å². The summed E-state index contributed by atoms with van der Waals surface area (Å²) in [4.78, 5) is 4.10. The van der Waals surface area contributed by atoms with Crippen molar-refractivity contribution in [2.45, 2.75) is 19.9 Å². The largest absolute Gasteiger partial charge is 0.382 e. The summed E-state index contributed by atoms with van der Waals surface area (Å²) in [6.45, 7) is 4.95. The monoisotopic (exact) mass is 368 g/mol. The summed E-state index contributed by atoms with van der Waals surface area (Å²) in [5.41, 5.74) is 0.849. The number of rotatable bonds is 7. The molecular formula is C11H21IN4O2. The van der Waals surface area contributed by atoms with Gasteiger partial charge in [-0.3, -0.25) is 4.99 Å². The molecule has 0 aliphatic heterocycles. The summed E-state index contributed by atoms with van der Waals surface area (Å²) >= 11 is 0. The van der Waals surface area contributed by atoms with Crippen molar-refractivity contribution in [1.29, 1.82) is 0 Å². The van der Waals surface area contributed by atoms with Crippen LogP contribution in [-0.4, -0.2) is 37.9 Å². The molecule has 18 heavy (non-hydrogen) atoms. The molecule has 0 aromatic carbocycles. The summed E-state index contributed by atoms with van der Waals surface area (Å²) in [6.07, 6.45) is 2.51. The molecule has 1 rings (SSSR count). The Morgan fingerprint density at radius 2 is 2.33 bits per heavy atom. The molecule has 0 spiro atoms. The fraction of sp³-hybridized carbons (Fsp3) is 0.636. The van der Waals surface area contributed by atoms with Crippen LogP contribution >= 0.6 is 24.0 Å². The number of ether oxygens (including phenoxy) is 1. The Labute approximate surface area is 125 Å². The first-order valence-electron chi connectivity index (χ1n) is 5.78. The minimum Gasteiger partial charge on any atom is -0.382 e. The maximum absolute atomic E-state index is 5.25. The molecule has 1 aromatic rings. The van der Waals surface area contributed by atoms with Crippen molar-refractivity contribution in [1.82, 2.24) is 15.8 Å². The highest BCUT2D eigenvalue weighted by molar-refractivity contribution is 14.0. The molecule has 0 amide bonds. The Morgan fingerprint density at radius 1 is 1.50 bits per heavy atom. The minimum atomic E-state index is 0. The van der Waals surface area contributed by atoms with Crippen molar-refractivity contribution in [3.63, 3.8) is 0 Å². The van der Waals surface area contributed by atoms with Gasteiger partial charge in [0.25, 0.3) is 0 Å². The van der Waals surface area contributed by atoms with Crippen molar-refractivity contribution in [2.75, 3.05) is 26.8 Å². The predicted octanol–water partition coefficient (Wildman–Crippen LogP) is 1.38. The lowest BCUT2D eigenvalue weighted by Gasteiger charge is -2.10. The average molecular weight is 368 g/mol. The Bertz CT molecular complexity index is 317. The van der Waals surface area contributed by atoms with E-state index in [2.05, 4.69) is 20.8 Å². The molecule has 0 bridgehead atoms. The van der Waals surface area contributed by atoms with E-state index in [1.54, 1.807) is 13.3 Å². The molecule has 0 unspecified atom stereocenters. The highest BCUT2D eigenvalue weighted by atomic mass is 127. The molecule has 0 aliphatic rings. The van der Waals surface area contributed by atoms with Crippen LogP contribution < -0.4 is 10.6 Å². The Hall–Kier alpha value is -0.830. The molecule has 0 aliphatic carbocycles. The van der Waals surface area contributed by atoms with Crippen LogP contribution in [0.3, 0.4) is 0 Å². The minimum absolute atomic E-state index is 0. The Kier molecular flexibility index (Phi) is 10.8. The normalized spacial score (nSPS) is 10.9. The van der Waals surface area contributed by atoms with E-state index in [1.807, 2.05) is 13.0 Å². The van der Waals surface area contributed by atoms with Gasteiger partial charge >= 0.3 is 0 Å². The summed E-state index contributed by atoms with van der Waals surface area (Å²) < 4.78 is 9.98. The van der Waals surface area contributed by atoms with Crippen molar-refractivity contribution >= 4 is 29.9 Å². The third kappa shape index (κ3) is 7.49. The smallest absolute Gasteiger partial charge is 0.191 e. The second-order valence-electron chi connectivity index (χ2n) is 3.39. The maximum Gasteiger partial charge on any atom is 0.191 e. The van der Waals surface area contributed by atoms with E-state index in [4.69, 9.17) is 9.26 Å². The SMILES string of the molecule is CCOCCCNC(=NC)NCc1ccon1.I. The molecule has 0 saturated carbocycles. The van der Waals surface area contributed by atoms with Gasteiger partial charge in [-0.05, 0) is 13.3 Å². The van der Waals surface area contributed by atoms with E-state index >= 15 is 0 Å². The molecule has 1 heterocycles. The number of guanidine groups is 1. The summed E-state index contributed by atoms with van der Waals surface area (Å²) in [6, 6.07) is 1.81. The highest BCUT2D eigenvalue weighted by Gasteiger charge is 1.99. The third-order valence-electron chi connectivity index (χ3n) is 2.11. The van der Waals surface area contributed by atoms with Gasteiger partial charge in [0, 0.05) is 32.9 Å². The second-order valence-corrected chi connectivity index (χ2v) is 3.39. The van der Waals surface area contributed by atoms with E-state index in [-0.39, 0.29) is 24.0 Å². The van der Waals surface area contributed by atoms with Crippen LogP contribution in [0.4, 0.5) is 0 Å². The molecule has 0 fully saturated rings. The number of aliphatic imine (C=N–C) groups is 1. The summed E-state index contributed by atoms with van der Waals surface area (Å²) in [5, 5.41) is 10.1. The lowest BCUT2D eigenvalue weighted by atomic mass is 10.4. The van der Waals surface area contributed by atoms with E-state index in [0.29, 0.717) is 6.54 Å². The number of halogens is 1. The molecular weight excluding hydrogens is 347 g/mol. The molecule has 104 valence electrons. The molecule has 1 aromatic heterocycles. The molecule has 6 nitrogen and oxygen atoms in total. The lowest BCUT2D eigenvalue weighted by Crippen LogP contribution is -2.37. The number of nitrogens with zero attached hydrogens (tertiary/aromatic N) is 2. The number of hydrogen-bond donors (Lipinski definition) is 2. The van der Waals surface area contributed by atoms with Gasteiger partial charge < -0.3 is 19.9 Å². The van der Waals surface area contributed by atoms with E-state index in [0.717, 1.165) is 37.8 Å². The summed E-state index contributed by atoms with van der Waals surface area (Å²) in [7, 11) is 1.74. The fourth-order valence-electron chi connectivity index (χ4n) is 1.25. The van der Waals surface area contributed by atoms with Crippen LogP contribution in [0.2, 0.25) is 0 Å². The molecule has 0 radical (unpaired) electrons. The molecule has 0 atom stereocenters. The maximum atomic E-state index is 5.25. The van der Waals surface area contributed by atoms with Crippen LogP contribution in [0.1, 0.15) is 19.0 Å². The Morgan fingerprint density at radius 3 is 2.94 bits per heavy atom. The predicted molar refractivity (Wildman–Crippen MR) is 81.2 cm³/mol. The van der Waals surface area contributed by atoms with Crippen molar-refractivity contribution in [3.8, 4) is 0 Å². The zero-order valence-electron chi connectivity index (χ0n) is 10.8. The van der Waals surface area contributed by atoms with Gasteiger partial charge in [-0.25, -0.2) is 0 Å². The molecule has 2 N–H and O–H groups in total. The third-order valence-corrected chi connectivity index (χ3v) is 2.11. The van der Waals surface area contributed by atoms with Crippen LogP contribution in [0.5, 0.6) is 0 Å². The van der Waals surface area contributed by atoms with Crippen LogP contribution in [-0.2, 0) is 11.3 Å². The first-order valence-corrected chi connectivity index (χ1v) is 5.78. The zero-order chi connectivity index (χ0) is 12.3. The molecule has 7 heteroatoms. The van der Waals surface area contributed by atoms with Gasteiger partial charge in [0.1, 0.15) is 12.0 Å². The topological polar surface area (TPSA) is 71.7 Å². The standard InChI is InChI=1S/C11H20N4O2.HI/c1-3-16-7-4-6-13-11(12-2)14-9-10-5-8-17-15-10;/h5,8H,3-4,6-7,9H2,1-2H3,(H2,12,13,14);1H. The first-order chi connectivity index (χ1) is 8.36. The van der Waals surface area contributed by atoms with Crippen LogP contribution in [0.25, 0.3) is 0 Å². The van der Waals surface area contributed by atoms with E-state index in [9.17, 15) is 0 Å². The number of nitrogens with one attached hydrogen (secondary N) is 2. The van der Waals surface area contributed by atoms with Gasteiger partial charge in [0.2, 0.25) is 0 Å². The Balaban J connectivity index is 0.00000289. The van der Waals surface area contributed by atoms with Gasteiger partial charge in [-0.15, -0.1) is 24.0 Å². The van der Waals surface area contributed by atoms with E-state index < -0.39 is 0 Å². The summed E-state index contributed by atoms with van der Waals surface area (Å²) in [5.74, 6) is 0.754. The fourth-order valence-corrected chi connectivity index (χ4v) is 1.25. The average Bonchev–Trinajstić information content (AvgIpc) is 2.86. The van der Waals surface area contributed by atoms with Gasteiger partial charge in [-0.2, -0.15) is 0 Å². The highest BCUT2D eigenvalue weighted by Crippen LogP contribution is 1.92. The van der Waals surface area contributed by atoms with Gasteiger partial charge in [0.15, 0.2) is 5.96 Å². The molecule has 0 saturated heterocycles. The van der Waals surface area contributed by atoms with Gasteiger partial charge in [-0.1, -0.05) is 5.16 Å². The number of aromatic nitrogens is 1. The first kappa shape index (κ1) is 17.2. The van der Waals surface area contributed by atoms with E-state index in [1.165, 1.54) is 0 Å². The van der Waals surface area contributed by atoms with Crippen LogP contribution in [0.15, 0.2) is 21.8 Å². The van der Waals surface area contributed by atoms with Crippen LogP contribution in [0, 0.1) is 0 Å². The second kappa shape index (κ2) is 11.3. The van der Waals surface area contributed by atoms with Crippen molar-refractivity contribution in [2.24, 2.45) is 4.99 Å². The quantitative estimate of drug-likeness (QED) is 0.329. The van der Waals surface area contributed by atoms with Crippen molar-refractivity contribution in [3.05, 3.63) is 18.0 Å². The zero-order valence-corrected chi connectivity index (χ0v) is 13.1.